The van der Waals surface area contributed by atoms with Crippen molar-refractivity contribution in [2.75, 3.05) is 0 Å². The maximum absolute atomic E-state index is 6.78. The van der Waals surface area contributed by atoms with Crippen molar-refractivity contribution in [1.29, 1.82) is 0 Å². The molecule has 0 aliphatic heterocycles. The fraction of sp³-hybridized carbons (Fsp3) is 0.0678. The molecule has 10 aromatic rings. The number of hydrogen-bond acceptors (Lipinski definition) is 1. The number of allylic oxidation sites excluding steroid dienone is 1. The molecule has 0 atom stereocenters. The van der Waals surface area contributed by atoms with Crippen LogP contribution in [0.25, 0.3) is 82.2 Å². The molecular weight excluding hydrogens is 737 g/mol. The van der Waals surface area contributed by atoms with Gasteiger partial charge >= 0.3 is 0 Å². The van der Waals surface area contributed by atoms with Crippen LogP contribution in [0.1, 0.15) is 41.7 Å². The molecule has 0 fully saturated rings. The molecule has 0 amide bonds. The van der Waals surface area contributed by atoms with Crippen LogP contribution in [0.5, 0.6) is 0 Å². The van der Waals surface area contributed by atoms with Crippen LogP contribution in [-0.2, 0) is 11.8 Å². The normalized spacial score (nSPS) is 13.5. The summed E-state index contributed by atoms with van der Waals surface area (Å²) >= 11 is 0. The minimum absolute atomic E-state index is 0.0735. The first kappa shape index (κ1) is 36.5. The predicted octanol–water partition coefficient (Wildman–Crippen LogP) is 14.9. The number of fused-ring (bicyclic) bond motifs is 7. The molecule has 10 aromatic carbocycles. The average Bonchev–Trinajstić information content (AvgIpc) is 3.53. The van der Waals surface area contributed by atoms with Crippen LogP contribution in [0.4, 0.5) is 0 Å². The molecule has 61 heavy (non-hydrogen) atoms. The Balaban J connectivity index is 1.04. The Morgan fingerprint density at radius 2 is 1.02 bits per heavy atom. The van der Waals surface area contributed by atoms with Crippen molar-refractivity contribution in [3.8, 4) is 33.4 Å². The molecule has 0 bridgehead atoms. The largest absolute Gasteiger partial charge is 0.383 e. The Bertz CT molecular complexity index is 3420. The van der Waals surface area contributed by atoms with E-state index >= 15 is 0 Å². The lowest BCUT2D eigenvalue weighted by molar-refractivity contribution is 0.661. The SMILES string of the molecule is CC1(C)c2ccc(-c3ccc(-c4ccc(/C(=C/Cc5cccc6ccccc56)N=C(N)c5ccccc5)c5ccccc45)c4ccccc34)cc2-c2cc3ccccc3cc21. The van der Waals surface area contributed by atoms with E-state index in [9.17, 15) is 0 Å². The minimum Gasteiger partial charge on any atom is -0.383 e. The van der Waals surface area contributed by atoms with E-state index in [2.05, 4.69) is 190 Å². The Morgan fingerprint density at radius 1 is 0.459 bits per heavy atom. The van der Waals surface area contributed by atoms with Crippen molar-refractivity contribution in [3.05, 3.63) is 234 Å². The lowest BCUT2D eigenvalue weighted by Crippen LogP contribution is -2.14. The fourth-order valence-electron chi connectivity index (χ4n) is 9.84. The van der Waals surface area contributed by atoms with E-state index in [-0.39, 0.29) is 5.41 Å². The third-order valence-electron chi connectivity index (χ3n) is 13.0. The van der Waals surface area contributed by atoms with Crippen LogP contribution >= 0.6 is 0 Å². The molecule has 2 nitrogen and oxygen atoms in total. The summed E-state index contributed by atoms with van der Waals surface area (Å²) in [6.45, 7) is 4.72. The van der Waals surface area contributed by atoms with E-state index in [1.54, 1.807) is 0 Å². The first-order chi connectivity index (χ1) is 29.9. The van der Waals surface area contributed by atoms with Crippen LogP contribution in [0, 0.1) is 0 Å². The monoisotopic (exact) mass is 780 g/mol. The number of nitrogens with two attached hydrogens (primary N) is 1. The molecule has 1 aliphatic rings. The summed E-state index contributed by atoms with van der Waals surface area (Å²) < 4.78 is 0. The summed E-state index contributed by atoms with van der Waals surface area (Å²) in [4.78, 5) is 5.18. The Morgan fingerprint density at radius 3 is 1.77 bits per heavy atom. The van der Waals surface area contributed by atoms with Gasteiger partial charge in [0.25, 0.3) is 0 Å². The van der Waals surface area contributed by atoms with Gasteiger partial charge in [0.05, 0.1) is 5.70 Å². The van der Waals surface area contributed by atoms with Crippen molar-refractivity contribution in [3.63, 3.8) is 0 Å². The molecule has 2 N–H and O–H groups in total. The number of hydrogen-bond donors (Lipinski definition) is 1. The molecule has 1 aliphatic carbocycles. The molecule has 0 saturated heterocycles. The summed E-state index contributed by atoms with van der Waals surface area (Å²) in [5.74, 6) is 0.492. The van der Waals surface area contributed by atoms with Gasteiger partial charge in [-0.15, -0.1) is 0 Å². The van der Waals surface area contributed by atoms with E-state index in [0.717, 1.165) is 22.2 Å². The summed E-state index contributed by atoms with van der Waals surface area (Å²) in [5, 5.41) is 9.82. The van der Waals surface area contributed by atoms with Crippen LogP contribution in [0.15, 0.2) is 211 Å². The maximum atomic E-state index is 6.78. The molecule has 2 heteroatoms. The topological polar surface area (TPSA) is 38.4 Å². The van der Waals surface area contributed by atoms with Crippen LogP contribution < -0.4 is 5.73 Å². The van der Waals surface area contributed by atoms with Gasteiger partial charge in [0.2, 0.25) is 0 Å². The standard InChI is InChI=1S/C59H44N2/c1-59(2)55-33-27-43(36-53(55)54-35-41-18-6-7-19-42(41)37-56(54)59)45-29-30-50(47-24-11-10-23-46(45)47)51-31-32-52(49-26-13-12-25-48(49)51)57(61-58(60)40-16-4-3-5-17-40)34-28-39-21-14-20-38-15-8-9-22-44(38)39/h3-27,29-37H,28H2,1-2H3,(H2,60,61)/b57-34-. The zero-order valence-electron chi connectivity index (χ0n) is 34.4. The van der Waals surface area contributed by atoms with Gasteiger partial charge in [0.15, 0.2) is 0 Å². The first-order valence-corrected chi connectivity index (χ1v) is 21.2. The zero-order chi connectivity index (χ0) is 41.1. The highest BCUT2D eigenvalue weighted by Gasteiger charge is 2.36. The molecule has 0 unspecified atom stereocenters. The predicted molar refractivity (Wildman–Crippen MR) is 260 cm³/mol. The number of benzene rings is 10. The first-order valence-electron chi connectivity index (χ1n) is 21.2. The zero-order valence-corrected chi connectivity index (χ0v) is 34.4. The lowest BCUT2D eigenvalue weighted by atomic mass is 9.81. The summed E-state index contributed by atoms with van der Waals surface area (Å²) in [6.07, 6.45) is 2.95. The van der Waals surface area contributed by atoms with Crippen molar-refractivity contribution in [2.24, 2.45) is 10.7 Å². The molecular formula is C59H44N2. The molecule has 0 heterocycles. The molecule has 0 radical (unpaired) electrons. The van der Waals surface area contributed by atoms with Crippen LogP contribution in [-0.4, -0.2) is 5.84 Å². The highest BCUT2D eigenvalue weighted by molar-refractivity contribution is 6.12. The second-order valence-corrected chi connectivity index (χ2v) is 16.8. The smallest absolute Gasteiger partial charge is 0.131 e. The second-order valence-electron chi connectivity index (χ2n) is 16.8. The van der Waals surface area contributed by atoms with Gasteiger partial charge in [0, 0.05) is 16.5 Å². The van der Waals surface area contributed by atoms with E-state index < -0.39 is 0 Å². The molecule has 0 spiro atoms. The van der Waals surface area contributed by atoms with Gasteiger partial charge in [0.1, 0.15) is 5.84 Å². The second kappa shape index (κ2) is 14.6. The van der Waals surface area contributed by atoms with E-state index in [4.69, 9.17) is 10.7 Å². The van der Waals surface area contributed by atoms with E-state index in [0.29, 0.717) is 12.3 Å². The highest BCUT2D eigenvalue weighted by Crippen LogP contribution is 2.51. The van der Waals surface area contributed by atoms with Gasteiger partial charge < -0.3 is 5.73 Å². The third kappa shape index (κ3) is 6.22. The van der Waals surface area contributed by atoms with Gasteiger partial charge in [-0.2, -0.15) is 0 Å². The van der Waals surface area contributed by atoms with Crippen LogP contribution in [0.2, 0.25) is 0 Å². The van der Waals surface area contributed by atoms with Crippen molar-refractivity contribution < 1.29 is 0 Å². The minimum atomic E-state index is -0.0735. The highest BCUT2D eigenvalue weighted by atomic mass is 14.9. The van der Waals surface area contributed by atoms with Gasteiger partial charge in [-0.05, 0) is 118 Å². The Labute approximate surface area is 357 Å². The summed E-state index contributed by atoms with van der Waals surface area (Å²) in [6, 6.07) is 72.5. The molecule has 0 saturated carbocycles. The van der Waals surface area contributed by atoms with E-state index in [1.165, 1.54) is 87.8 Å². The molecule has 11 rings (SSSR count). The summed E-state index contributed by atoms with van der Waals surface area (Å²) in [5.41, 5.74) is 21.1. The lowest BCUT2D eigenvalue weighted by Gasteiger charge is -2.22. The van der Waals surface area contributed by atoms with Crippen LogP contribution in [0.3, 0.4) is 0 Å². The Hall–Kier alpha value is -7.55. The number of aliphatic imine (C=N–C) groups is 1. The Kier molecular flexibility index (Phi) is 8.75. The van der Waals surface area contributed by atoms with E-state index in [1.807, 2.05) is 30.3 Å². The third-order valence-corrected chi connectivity index (χ3v) is 13.0. The number of rotatable bonds is 7. The fourth-order valence-corrected chi connectivity index (χ4v) is 9.84. The summed E-state index contributed by atoms with van der Waals surface area (Å²) in [7, 11) is 0. The molecule has 290 valence electrons. The van der Waals surface area contributed by atoms with Crippen molar-refractivity contribution in [2.45, 2.75) is 25.7 Å². The molecule has 0 aromatic heterocycles. The quantitative estimate of drug-likeness (QED) is 0.127. The number of amidine groups is 1. The van der Waals surface area contributed by atoms with Gasteiger partial charge in [-0.1, -0.05) is 202 Å². The van der Waals surface area contributed by atoms with Crippen molar-refractivity contribution >= 4 is 54.6 Å². The maximum Gasteiger partial charge on any atom is 0.131 e. The van der Waals surface area contributed by atoms with Gasteiger partial charge in [-0.25, -0.2) is 4.99 Å². The number of nitrogens with zero attached hydrogens (tertiary/aromatic N) is 1. The van der Waals surface area contributed by atoms with Crippen molar-refractivity contribution in [1.82, 2.24) is 0 Å². The van der Waals surface area contributed by atoms with Gasteiger partial charge in [-0.3, -0.25) is 0 Å². The average molecular weight is 781 g/mol.